The first-order valence-electron chi connectivity index (χ1n) is 3.57. The number of hydrogen-bond donors (Lipinski definition) is 0. The van der Waals surface area contributed by atoms with Gasteiger partial charge in [-0.2, -0.15) is 5.26 Å². The van der Waals surface area contributed by atoms with Gasteiger partial charge in [-0.25, -0.2) is 0 Å². The van der Waals surface area contributed by atoms with Crippen molar-refractivity contribution in [3.05, 3.63) is 33.8 Å². The standard InChI is InChI=1S/C9H7Cl2NO/c1-13-8(5-12)6-3-2-4-7(10)9(6)11/h2-4,8H,1H3. The maximum absolute atomic E-state index is 8.72. The van der Waals surface area contributed by atoms with Crippen LogP contribution in [0.3, 0.4) is 0 Å². The van der Waals surface area contributed by atoms with Crippen LogP contribution in [-0.4, -0.2) is 7.11 Å². The Kier molecular flexibility index (Phi) is 3.56. The summed E-state index contributed by atoms with van der Waals surface area (Å²) in [4.78, 5) is 0. The zero-order valence-corrected chi connectivity index (χ0v) is 8.43. The topological polar surface area (TPSA) is 33.0 Å². The lowest BCUT2D eigenvalue weighted by atomic mass is 10.1. The van der Waals surface area contributed by atoms with Gasteiger partial charge in [0.2, 0.25) is 0 Å². The Labute approximate surface area is 86.6 Å². The van der Waals surface area contributed by atoms with Gasteiger partial charge >= 0.3 is 0 Å². The van der Waals surface area contributed by atoms with Gasteiger partial charge in [0.05, 0.1) is 16.1 Å². The van der Waals surface area contributed by atoms with E-state index >= 15 is 0 Å². The molecule has 4 heteroatoms. The monoisotopic (exact) mass is 215 g/mol. The molecule has 0 aliphatic heterocycles. The predicted molar refractivity (Wildman–Crippen MR) is 51.8 cm³/mol. The highest BCUT2D eigenvalue weighted by Crippen LogP contribution is 2.30. The first kappa shape index (κ1) is 10.3. The molecular formula is C9H7Cl2NO. The summed E-state index contributed by atoms with van der Waals surface area (Å²) in [6.45, 7) is 0. The van der Waals surface area contributed by atoms with E-state index in [1.54, 1.807) is 18.2 Å². The first-order valence-corrected chi connectivity index (χ1v) is 4.32. The van der Waals surface area contributed by atoms with Crippen LogP contribution in [0.2, 0.25) is 10.0 Å². The molecule has 2 nitrogen and oxygen atoms in total. The second kappa shape index (κ2) is 4.48. The van der Waals surface area contributed by atoms with Crippen molar-refractivity contribution in [1.29, 1.82) is 5.26 Å². The Morgan fingerprint density at radius 2 is 2.15 bits per heavy atom. The van der Waals surface area contributed by atoms with Crippen LogP contribution >= 0.6 is 23.2 Å². The van der Waals surface area contributed by atoms with Gasteiger partial charge in [0.15, 0.2) is 6.10 Å². The number of nitrogens with zero attached hydrogens (tertiary/aromatic N) is 1. The minimum Gasteiger partial charge on any atom is -0.362 e. The minimum absolute atomic E-state index is 0.373. The molecule has 0 aromatic heterocycles. The molecule has 0 amide bonds. The lowest BCUT2D eigenvalue weighted by Crippen LogP contribution is -1.98. The number of methoxy groups -OCH3 is 1. The van der Waals surface area contributed by atoms with E-state index in [-0.39, 0.29) is 0 Å². The molecule has 0 saturated heterocycles. The Morgan fingerprint density at radius 1 is 1.46 bits per heavy atom. The molecule has 0 heterocycles. The van der Waals surface area contributed by atoms with Crippen LogP contribution in [0.4, 0.5) is 0 Å². The van der Waals surface area contributed by atoms with Crippen molar-refractivity contribution in [1.82, 2.24) is 0 Å². The van der Waals surface area contributed by atoms with Gasteiger partial charge in [-0.15, -0.1) is 0 Å². The van der Waals surface area contributed by atoms with Crippen LogP contribution in [0.5, 0.6) is 0 Å². The van der Waals surface area contributed by atoms with Crippen LogP contribution in [0.25, 0.3) is 0 Å². The molecule has 1 rings (SSSR count). The third-order valence-corrected chi connectivity index (χ3v) is 2.45. The molecule has 0 radical (unpaired) electrons. The third-order valence-electron chi connectivity index (χ3n) is 1.62. The predicted octanol–water partition coefficient (Wildman–Crippen LogP) is 3.20. The first-order chi connectivity index (χ1) is 6.20. The van der Waals surface area contributed by atoms with Crippen molar-refractivity contribution >= 4 is 23.2 Å². The van der Waals surface area contributed by atoms with Crippen LogP contribution in [0.15, 0.2) is 18.2 Å². The van der Waals surface area contributed by atoms with Crippen molar-refractivity contribution < 1.29 is 4.74 Å². The van der Waals surface area contributed by atoms with Crippen LogP contribution in [-0.2, 0) is 4.74 Å². The Bertz CT molecular complexity index is 346. The highest BCUT2D eigenvalue weighted by molar-refractivity contribution is 6.42. The molecule has 13 heavy (non-hydrogen) atoms. The number of nitriles is 1. The van der Waals surface area contributed by atoms with E-state index in [9.17, 15) is 0 Å². The fourth-order valence-corrected chi connectivity index (χ4v) is 1.38. The lowest BCUT2D eigenvalue weighted by Gasteiger charge is -2.09. The zero-order valence-electron chi connectivity index (χ0n) is 6.92. The third kappa shape index (κ3) is 2.13. The quantitative estimate of drug-likeness (QED) is 0.760. The number of rotatable bonds is 2. The number of ether oxygens (including phenoxy) is 1. The van der Waals surface area contributed by atoms with Gasteiger partial charge in [-0.3, -0.25) is 0 Å². The van der Waals surface area contributed by atoms with Crippen molar-refractivity contribution in [2.45, 2.75) is 6.10 Å². The highest BCUT2D eigenvalue weighted by atomic mass is 35.5. The summed E-state index contributed by atoms with van der Waals surface area (Å²) in [5.41, 5.74) is 0.596. The summed E-state index contributed by atoms with van der Waals surface area (Å²) < 4.78 is 4.92. The molecule has 1 unspecified atom stereocenters. The maximum Gasteiger partial charge on any atom is 0.170 e. The van der Waals surface area contributed by atoms with Crippen molar-refractivity contribution in [3.8, 4) is 6.07 Å². The van der Waals surface area contributed by atoms with Gasteiger partial charge < -0.3 is 4.74 Å². The molecule has 0 N–H and O–H groups in total. The van der Waals surface area contributed by atoms with E-state index in [1.165, 1.54) is 7.11 Å². The van der Waals surface area contributed by atoms with E-state index < -0.39 is 6.10 Å². The van der Waals surface area contributed by atoms with Gasteiger partial charge in [0, 0.05) is 12.7 Å². The van der Waals surface area contributed by atoms with Gasteiger partial charge in [0.25, 0.3) is 0 Å². The Morgan fingerprint density at radius 3 is 2.69 bits per heavy atom. The lowest BCUT2D eigenvalue weighted by molar-refractivity contribution is 0.148. The highest BCUT2D eigenvalue weighted by Gasteiger charge is 2.14. The average molecular weight is 216 g/mol. The van der Waals surface area contributed by atoms with Gasteiger partial charge in [-0.1, -0.05) is 35.3 Å². The summed E-state index contributed by atoms with van der Waals surface area (Å²) >= 11 is 11.7. The largest absolute Gasteiger partial charge is 0.362 e. The second-order valence-corrected chi connectivity index (χ2v) is 3.17. The SMILES string of the molecule is COC(C#N)c1cccc(Cl)c1Cl. The van der Waals surface area contributed by atoms with E-state index in [1.807, 2.05) is 6.07 Å². The second-order valence-electron chi connectivity index (χ2n) is 2.39. The van der Waals surface area contributed by atoms with E-state index in [4.69, 9.17) is 33.2 Å². The molecule has 1 aromatic carbocycles. The molecular weight excluding hydrogens is 209 g/mol. The van der Waals surface area contributed by atoms with E-state index in [0.717, 1.165) is 0 Å². The fourth-order valence-electron chi connectivity index (χ4n) is 0.972. The van der Waals surface area contributed by atoms with Crippen LogP contribution < -0.4 is 0 Å². The molecule has 0 bridgehead atoms. The van der Waals surface area contributed by atoms with Crippen molar-refractivity contribution in [2.75, 3.05) is 7.11 Å². The van der Waals surface area contributed by atoms with E-state index in [2.05, 4.69) is 0 Å². The smallest absolute Gasteiger partial charge is 0.170 e. The zero-order chi connectivity index (χ0) is 9.84. The molecule has 0 saturated carbocycles. The minimum atomic E-state index is -0.661. The molecule has 1 aromatic rings. The molecule has 0 fully saturated rings. The molecule has 0 spiro atoms. The number of hydrogen-bond acceptors (Lipinski definition) is 2. The number of halogens is 2. The molecule has 1 atom stereocenters. The van der Waals surface area contributed by atoms with Crippen molar-refractivity contribution in [3.63, 3.8) is 0 Å². The van der Waals surface area contributed by atoms with Gasteiger partial charge in [-0.05, 0) is 6.07 Å². The Hall–Kier alpha value is -0.750. The molecule has 0 aliphatic rings. The van der Waals surface area contributed by atoms with Crippen LogP contribution in [0, 0.1) is 11.3 Å². The van der Waals surface area contributed by atoms with Crippen LogP contribution in [0.1, 0.15) is 11.7 Å². The number of benzene rings is 1. The van der Waals surface area contributed by atoms with E-state index in [0.29, 0.717) is 15.6 Å². The summed E-state index contributed by atoms with van der Waals surface area (Å²) in [5.74, 6) is 0. The normalized spacial score (nSPS) is 12.2. The average Bonchev–Trinajstić information content (AvgIpc) is 2.14. The summed E-state index contributed by atoms with van der Waals surface area (Å²) in [6.07, 6.45) is -0.661. The fraction of sp³-hybridized carbons (Fsp3) is 0.222. The molecule has 68 valence electrons. The maximum atomic E-state index is 8.72. The summed E-state index contributed by atoms with van der Waals surface area (Å²) in [7, 11) is 1.45. The Balaban J connectivity index is 3.15. The van der Waals surface area contributed by atoms with Gasteiger partial charge in [0.1, 0.15) is 0 Å². The molecule has 0 aliphatic carbocycles. The summed E-state index contributed by atoms with van der Waals surface area (Å²) in [6, 6.07) is 7.08. The summed E-state index contributed by atoms with van der Waals surface area (Å²) in [5, 5.41) is 9.52. The van der Waals surface area contributed by atoms with Crippen molar-refractivity contribution in [2.24, 2.45) is 0 Å².